The normalized spacial score (nSPS) is 11.6. The van der Waals surface area contributed by atoms with Crippen LogP contribution in [0.15, 0.2) is 29.2 Å². The number of benzene rings is 1. The summed E-state index contributed by atoms with van der Waals surface area (Å²) >= 11 is 7.31. The molecule has 1 atom stereocenters. The summed E-state index contributed by atoms with van der Waals surface area (Å²) in [4.78, 5) is 12.8. The number of thioether (sulfide) groups is 1. The van der Waals surface area contributed by atoms with E-state index in [1.807, 2.05) is 24.3 Å². The lowest BCUT2D eigenvalue weighted by molar-refractivity contribution is -0.119. The fourth-order valence-corrected chi connectivity index (χ4v) is 2.48. The smallest absolute Gasteiger partial charge is 0.230 e. The van der Waals surface area contributed by atoms with Crippen LogP contribution in [0.1, 0.15) is 26.2 Å². The Labute approximate surface area is 136 Å². The van der Waals surface area contributed by atoms with Gasteiger partial charge in [0, 0.05) is 22.5 Å². The van der Waals surface area contributed by atoms with Gasteiger partial charge in [-0.05, 0) is 30.7 Å². The monoisotopic (exact) mass is 336 g/mol. The van der Waals surface area contributed by atoms with Gasteiger partial charge in [-0.25, -0.2) is 0 Å². The molecule has 1 amide bonds. The molecule has 0 aliphatic heterocycles. The number of amides is 1. The second-order valence-electron chi connectivity index (χ2n) is 4.38. The summed E-state index contributed by atoms with van der Waals surface area (Å²) in [7, 11) is 0. The minimum Gasteiger partial charge on any atom is -0.351 e. The van der Waals surface area contributed by atoms with Gasteiger partial charge in [0.1, 0.15) is 0 Å². The van der Waals surface area contributed by atoms with Gasteiger partial charge in [-0.15, -0.1) is 24.2 Å². The summed E-state index contributed by atoms with van der Waals surface area (Å²) in [5.74, 6) is 0.441. The van der Waals surface area contributed by atoms with Gasteiger partial charge in [-0.3, -0.25) is 4.79 Å². The number of unbranched alkanes of at least 4 members (excludes halogenated alkanes) is 1. The quantitative estimate of drug-likeness (QED) is 0.714. The molecule has 0 bridgehead atoms. The van der Waals surface area contributed by atoms with E-state index in [-0.39, 0.29) is 24.4 Å². The van der Waals surface area contributed by atoms with Crippen molar-refractivity contribution in [2.24, 2.45) is 5.73 Å². The zero-order valence-electron chi connectivity index (χ0n) is 11.6. The van der Waals surface area contributed by atoms with Crippen LogP contribution in [0.5, 0.6) is 0 Å². The Kier molecular flexibility index (Phi) is 11.0. The second-order valence-corrected chi connectivity index (χ2v) is 5.87. The molecule has 0 saturated carbocycles. The highest BCUT2D eigenvalue weighted by atomic mass is 35.5. The zero-order valence-corrected chi connectivity index (χ0v) is 14.0. The highest BCUT2D eigenvalue weighted by Crippen LogP contribution is 2.20. The first-order valence-electron chi connectivity index (χ1n) is 6.53. The van der Waals surface area contributed by atoms with E-state index in [0.717, 1.165) is 24.2 Å². The van der Waals surface area contributed by atoms with E-state index in [0.29, 0.717) is 17.3 Å². The first-order chi connectivity index (χ1) is 9.15. The number of nitrogens with one attached hydrogen (secondary N) is 1. The predicted octanol–water partition coefficient (Wildman–Crippen LogP) is 3.49. The van der Waals surface area contributed by atoms with Crippen molar-refractivity contribution >= 4 is 41.7 Å². The van der Waals surface area contributed by atoms with Crippen molar-refractivity contribution in [2.75, 3.05) is 12.3 Å². The molecule has 0 aliphatic rings. The van der Waals surface area contributed by atoms with Gasteiger partial charge in [-0.1, -0.05) is 31.4 Å². The second kappa shape index (κ2) is 11.3. The number of halogens is 2. The molecule has 0 heterocycles. The predicted molar refractivity (Wildman–Crippen MR) is 89.9 cm³/mol. The molecule has 1 aromatic carbocycles. The topological polar surface area (TPSA) is 55.1 Å². The van der Waals surface area contributed by atoms with Crippen LogP contribution in [-0.4, -0.2) is 24.2 Å². The molecule has 20 heavy (non-hydrogen) atoms. The number of carbonyl (C=O) groups excluding carboxylic acids is 1. The first kappa shape index (κ1) is 19.6. The number of carbonyl (C=O) groups is 1. The third kappa shape index (κ3) is 8.00. The lowest BCUT2D eigenvalue weighted by atomic mass is 10.1. The van der Waals surface area contributed by atoms with E-state index >= 15 is 0 Å². The van der Waals surface area contributed by atoms with Crippen molar-refractivity contribution in [2.45, 2.75) is 37.1 Å². The average molecular weight is 337 g/mol. The molecule has 0 radical (unpaired) electrons. The molecular weight excluding hydrogens is 315 g/mol. The highest BCUT2D eigenvalue weighted by Gasteiger charge is 2.10. The van der Waals surface area contributed by atoms with Crippen molar-refractivity contribution in [1.29, 1.82) is 0 Å². The Morgan fingerprint density at radius 3 is 2.60 bits per heavy atom. The van der Waals surface area contributed by atoms with E-state index in [4.69, 9.17) is 17.3 Å². The van der Waals surface area contributed by atoms with Crippen LogP contribution in [-0.2, 0) is 4.79 Å². The summed E-state index contributed by atoms with van der Waals surface area (Å²) in [5, 5.41) is 3.68. The van der Waals surface area contributed by atoms with Crippen molar-refractivity contribution in [1.82, 2.24) is 5.32 Å². The van der Waals surface area contributed by atoms with Gasteiger partial charge in [0.15, 0.2) is 0 Å². The maximum absolute atomic E-state index is 11.8. The minimum absolute atomic E-state index is 0. The molecule has 0 aliphatic carbocycles. The van der Waals surface area contributed by atoms with Crippen molar-refractivity contribution in [3.8, 4) is 0 Å². The van der Waals surface area contributed by atoms with Crippen molar-refractivity contribution < 1.29 is 4.79 Å². The van der Waals surface area contributed by atoms with Gasteiger partial charge in [0.2, 0.25) is 5.91 Å². The number of rotatable bonds is 8. The van der Waals surface area contributed by atoms with E-state index in [9.17, 15) is 4.79 Å². The third-order valence-corrected chi connectivity index (χ3v) is 4.00. The molecule has 3 N–H and O–H groups in total. The Bertz CT molecular complexity index is 387. The van der Waals surface area contributed by atoms with Gasteiger partial charge in [0.25, 0.3) is 0 Å². The van der Waals surface area contributed by atoms with Crippen molar-refractivity contribution in [3.63, 3.8) is 0 Å². The van der Waals surface area contributed by atoms with Crippen LogP contribution in [0.3, 0.4) is 0 Å². The Morgan fingerprint density at radius 2 is 2.05 bits per heavy atom. The summed E-state index contributed by atoms with van der Waals surface area (Å²) in [5.41, 5.74) is 5.65. The van der Waals surface area contributed by atoms with Crippen LogP contribution >= 0.6 is 35.8 Å². The average Bonchev–Trinajstić information content (AvgIpc) is 2.42. The molecule has 1 unspecified atom stereocenters. The van der Waals surface area contributed by atoms with Gasteiger partial charge in [-0.2, -0.15) is 0 Å². The van der Waals surface area contributed by atoms with Gasteiger partial charge in [0.05, 0.1) is 5.75 Å². The van der Waals surface area contributed by atoms with E-state index in [2.05, 4.69) is 12.2 Å². The van der Waals surface area contributed by atoms with Gasteiger partial charge >= 0.3 is 0 Å². The fraction of sp³-hybridized carbons (Fsp3) is 0.500. The number of hydrogen-bond acceptors (Lipinski definition) is 3. The SMILES string of the molecule is CCCCC(CN)NC(=O)CSc1ccc(Cl)cc1.Cl. The zero-order chi connectivity index (χ0) is 14.1. The molecule has 0 spiro atoms. The lowest BCUT2D eigenvalue weighted by Crippen LogP contribution is -2.41. The molecule has 114 valence electrons. The summed E-state index contributed by atoms with van der Waals surface area (Å²) in [6.07, 6.45) is 3.16. The molecule has 0 aromatic heterocycles. The molecule has 3 nitrogen and oxygen atoms in total. The molecule has 6 heteroatoms. The lowest BCUT2D eigenvalue weighted by Gasteiger charge is -2.16. The summed E-state index contributed by atoms with van der Waals surface area (Å²) in [6.45, 7) is 2.63. The van der Waals surface area contributed by atoms with Gasteiger partial charge < -0.3 is 11.1 Å². The van der Waals surface area contributed by atoms with Crippen LogP contribution < -0.4 is 11.1 Å². The maximum Gasteiger partial charge on any atom is 0.230 e. The fourth-order valence-electron chi connectivity index (χ4n) is 1.65. The molecule has 0 fully saturated rings. The number of hydrogen-bond donors (Lipinski definition) is 2. The molecule has 1 rings (SSSR count). The van der Waals surface area contributed by atoms with E-state index in [1.165, 1.54) is 11.8 Å². The Hall–Kier alpha value is -0.420. The standard InChI is InChI=1S/C14H21ClN2OS.ClH/c1-2-3-4-12(9-16)17-14(18)10-19-13-7-5-11(15)6-8-13;/h5-8,12H,2-4,9-10,16H2,1H3,(H,17,18);1H. The summed E-state index contributed by atoms with van der Waals surface area (Å²) in [6, 6.07) is 7.57. The van der Waals surface area contributed by atoms with Crippen LogP contribution in [0, 0.1) is 0 Å². The summed E-state index contributed by atoms with van der Waals surface area (Å²) < 4.78 is 0. The minimum atomic E-state index is 0. The largest absolute Gasteiger partial charge is 0.351 e. The van der Waals surface area contributed by atoms with Crippen LogP contribution in [0.25, 0.3) is 0 Å². The third-order valence-electron chi connectivity index (χ3n) is 2.74. The van der Waals surface area contributed by atoms with Crippen LogP contribution in [0.4, 0.5) is 0 Å². The number of nitrogens with two attached hydrogens (primary N) is 1. The van der Waals surface area contributed by atoms with E-state index in [1.54, 1.807) is 0 Å². The van der Waals surface area contributed by atoms with Crippen molar-refractivity contribution in [3.05, 3.63) is 29.3 Å². The Morgan fingerprint density at radius 1 is 1.40 bits per heavy atom. The van der Waals surface area contributed by atoms with Crippen LogP contribution in [0.2, 0.25) is 5.02 Å². The first-order valence-corrected chi connectivity index (χ1v) is 7.89. The Balaban J connectivity index is 0.00000361. The maximum atomic E-state index is 11.8. The van der Waals surface area contributed by atoms with E-state index < -0.39 is 0 Å². The highest BCUT2D eigenvalue weighted by molar-refractivity contribution is 8.00. The molecular formula is C14H22Cl2N2OS. The molecule has 1 aromatic rings. The molecule has 0 saturated heterocycles.